The van der Waals surface area contributed by atoms with E-state index in [1.807, 2.05) is 24.3 Å². The monoisotopic (exact) mass is 283 g/mol. The minimum Gasteiger partial charge on any atom is -0.481 e. The molecular weight excluding hydrogens is 262 g/mol. The van der Waals surface area contributed by atoms with E-state index >= 15 is 0 Å². The maximum absolute atomic E-state index is 10.6. The van der Waals surface area contributed by atoms with Gasteiger partial charge in [0.1, 0.15) is 0 Å². The maximum atomic E-state index is 10.6. The Kier molecular flexibility index (Phi) is 4.99. The summed E-state index contributed by atoms with van der Waals surface area (Å²) in [6.45, 7) is 4.98. The molecule has 0 aliphatic carbocycles. The molecule has 3 heteroatoms. The van der Waals surface area contributed by atoms with E-state index in [1.54, 1.807) is 0 Å². The first kappa shape index (κ1) is 15.1. The third-order valence-corrected chi connectivity index (χ3v) is 3.54. The molecule has 2 aromatic rings. The minimum absolute atomic E-state index is 0.167. The number of carboxylic acids is 1. The van der Waals surface area contributed by atoms with E-state index in [4.69, 9.17) is 5.11 Å². The van der Waals surface area contributed by atoms with Gasteiger partial charge in [-0.25, -0.2) is 0 Å². The van der Waals surface area contributed by atoms with Gasteiger partial charge in [-0.15, -0.1) is 0 Å². The van der Waals surface area contributed by atoms with Gasteiger partial charge in [-0.3, -0.25) is 4.79 Å². The number of carboxylic acid groups (broad SMARTS) is 1. The van der Waals surface area contributed by atoms with E-state index in [2.05, 4.69) is 37.4 Å². The predicted octanol–water partition coefficient (Wildman–Crippen LogP) is 3.93. The highest BCUT2D eigenvalue weighted by molar-refractivity contribution is 5.67. The smallest absolute Gasteiger partial charge is 0.303 e. The highest BCUT2D eigenvalue weighted by Crippen LogP contribution is 2.16. The van der Waals surface area contributed by atoms with Crippen LogP contribution in [0.1, 0.15) is 28.7 Å². The Morgan fingerprint density at radius 2 is 1.95 bits per heavy atom. The van der Waals surface area contributed by atoms with Gasteiger partial charge in [0.05, 0.1) is 0 Å². The van der Waals surface area contributed by atoms with Gasteiger partial charge in [0, 0.05) is 18.7 Å². The highest BCUT2D eigenvalue weighted by atomic mass is 16.4. The Hall–Kier alpha value is -2.29. The molecule has 0 saturated carbocycles. The largest absolute Gasteiger partial charge is 0.481 e. The van der Waals surface area contributed by atoms with E-state index in [-0.39, 0.29) is 6.42 Å². The SMILES string of the molecule is Cc1ccc(C)c(CNc2cccc(CCC(=O)O)c2)c1. The fourth-order valence-corrected chi connectivity index (χ4v) is 2.28. The van der Waals surface area contributed by atoms with Gasteiger partial charge in [0.2, 0.25) is 0 Å². The van der Waals surface area contributed by atoms with Crippen molar-refractivity contribution in [1.82, 2.24) is 0 Å². The molecular formula is C18H21NO2. The van der Waals surface area contributed by atoms with Crippen LogP contribution in [0.5, 0.6) is 0 Å². The van der Waals surface area contributed by atoms with Crippen molar-refractivity contribution in [2.45, 2.75) is 33.2 Å². The molecule has 0 unspecified atom stereocenters. The summed E-state index contributed by atoms with van der Waals surface area (Å²) in [5.41, 5.74) is 5.89. The van der Waals surface area contributed by atoms with Crippen molar-refractivity contribution in [3.8, 4) is 0 Å². The molecule has 110 valence electrons. The first-order chi connectivity index (χ1) is 10.0. The molecule has 0 spiro atoms. The van der Waals surface area contributed by atoms with Gasteiger partial charge in [0.15, 0.2) is 0 Å². The molecule has 21 heavy (non-hydrogen) atoms. The summed E-state index contributed by atoms with van der Waals surface area (Å²) in [6.07, 6.45) is 0.731. The Labute approximate surface area is 125 Å². The van der Waals surface area contributed by atoms with Crippen LogP contribution in [0.15, 0.2) is 42.5 Å². The van der Waals surface area contributed by atoms with Crippen LogP contribution in [0.4, 0.5) is 5.69 Å². The van der Waals surface area contributed by atoms with E-state index < -0.39 is 5.97 Å². The number of carbonyl (C=O) groups is 1. The summed E-state index contributed by atoms with van der Waals surface area (Å²) in [7, 11) is 0. The summed E-state index contributed by atoms with van der Waals surface area (Å²) in [5.74, 6) is -0.760. The summed E-state index contributed by atoms with van der Waals surface area (Å²) in [5, 5.41) is 12.1. The summed E-state index contributed by atoms with van der Waals surface area (Å²) in [4.78, 5) is 10.6. The molecule has 0 aliphatic rings. The van der Waals surface area contributed by atoms with E-state index in [0.717, 1.165) is 17.8 Å². The number of nitrogens with one attached hydrogen (secondary N) is 1. The van der Waals surface area contributed by atoms with Crippen LogP contribution < -0.4 is 5.32 Å². The molecule has 0 radical (unpaired) electrons. The number of hydrogen-bond acceptors (Lipinski definition) is 2. The second kappa shape index (κ2) is 6.93. The van der Waals surface area contributed by atoms with Gasteiger partial charge in [-0.05, 0) is 49.1 Å². The topological polar surface area (TPSA) is 49.3 Å². The number of aryl methyl sites for hydroxylation is 3. The average Bonchev–Trinajstić information content (AvgIpc) is 2.46. The van der Waals surface area contributed by atoms with Crippen LogP contribution in [-0.4, -0.2) is 11.1 Å². The van der Waals surface area contributed by atoms with Crippen LogP contribution in [-0.2, 0) is 17.8 Å². The molecule has 2 aromatic carbocycles. The first-order valence-corrected chi connectivity index (χ1v) is 7.15. The van der Waals surface area contributed by atoms with Gasteiger partial charge >= 0.3 is 5.97 Å². The molecule has 0 bridgehead atoms. The zero-order chi connectivity index (χ0) is 15.2. The fraction of sp³-hybridized carbons (Fsp3) is 0.278. The van der Waals surface area contributed by atoms with Crippen LogP contribution >= 0.6 is 0 Å². The summed E-state index contributed by atoms with van der Waals surface area (Å²) >= 11 is 0. The highest BCUT2D eigenvalue weighted by Gasteiger charge is 2.02. The molecule has 0 saturated heterocycles. The van der Waals surface area contributed by atoms with Crippen molar-refractivity contribution in [3.63, 3.8) is 0 Å². The van der Waals surface area contributed by atoms with Gasteiger partial charge < -0.3 is 10.4 Å². The summed E-state index contributed by atoms with van der Waals surface area (Å²) in [6, 6.07) is 14.4. The zero-order valence-electron chi connectivity index (χ0n) is 12.5. The lowest BCUT2D eigenvalue weighted by molar-refractivity contribution is -0.136. The van der Waals surface area contributed by atoms with Crippen LogP contribution in [0.2, 0.25) is 0 Å². The van der Waals surface area contributed by atoms with Crippen LogP contribution in [0.3, 0.4) is 0 Å². The number of rotatable bonds is 6. The average molecular weight is 283 g/mol. The first-order valence-electron chi connectivity index (χ1n) is 7.15. The van der Waals surface area contributed by atoms with Crippen LogP contribution in [0, 0.1) is 13.8 Å². The van der Waals surface area contributed by atoms with E-state index in [0.29, 0.717) is 6.42 Å². The van der Waals surface area contributed by atoms with Crippen molar-refractivity contribution in [2.24, 2.45) is 0 Å². The Bertz CT molecular complexity index is 635. The normalized spacial score (nSPS) is 10.4. The van der Waals surface area contributed by atoms with Gasteiger partial charge in [-0.1, -0.05) is 35.9 Å². The molecule has 3 nitrogen and oxygen atoms in total. The fourth-order valence-electron chi connectivity index (χ4n) is 2.28. The lowest BCUT2D eigenvalue weighted by Gasteiger charge is -2.11. The third kappa shape index (κ3) is 4.63. The quantitative estimate of drug-likeness (QED) is 0.844. The number of aliphatic carboxylic acids is 1. The second-order valence-corrected chi connectivity index (χ2v) is 5.38. The Morgan fingerprint density at radius 1 is 1.14 bits per heavy atom. The molecule has 2 N–H and O–H groups in total. The number of anilines is 1. The van der Waals surface area contributed by atoms with Gasteiger partial charge in [0.25, 0.3) is 0 Å². The zero-order valence-corrected chi connectivity index (χ0v) is 12.5. The second-order valence-electron chi connectivity index (χ2n) is 5.38. The third-order valence-electron chi connectivity index (χ3n) is 3.54. The van der Waals surface area contributed by atoms with E-state index in [9.17, 15) is 4.79 Å². The summed E-state index contributed by atoms with van der Waals surface area (Å²) < 4.78 is 0. The molecule has 0 atom stereocenters. The molecule has 0 fully saturated rings. The van der Waals surface area contributed by atoms with Gasteiger partial charge in [-0.2, -0.15) is 0 Å². The van der Waals surface area contributed by atoms with Crippen molar-refractivity contribution in [3.05, 3.63) is 64.7 Å². The molecule has 2 rings (SSSR count). The van der Waals surface area contributed by atoms with Crippen molar-refractivity contribution in [1.29, 1.82) is 0 Å². The molecule has 0 aromatic heterocycles. The number of benzene rings is 2. The Balaban J connectivity index is 2.01. The van der Waals surface area contributed by atoms with Crippen molar-refractivity contribution in [2.75, 3.05) is 5.32 Å². The van der Waals surface area contributed by atoms with Crippen molar-refractivity contribution < 1.29 is 9.90 Å². The lowest BCUT2D eigenvalue weighted by Crippen LogP contribution is -2.03. The molecule has 0 aliphatic heterocycles. The lowest BCUT2D eigenvalue weighted by atomic mass is 10.1. The van der Waals surface area contributed by atoms with Crippen LogP contribution in [0.25, 0.3) is 0 Å². The molecule has 0 amide bonds. The number of hydrogen-bond donors (Lipinski definition) is 2. The minimum atomic E-state index is -0.760. The maximum Gasteiger partial charge on any atom is 0.303 e. The standard InChI is InChI=1S/C18H21NO2/c1-13-6-7-14(2)16(10-13)12-19-17-5-3-4-15(11-17)8-9-18(20)21/h3-7,10-11,19H,8-9,12H2,1-2H3,(H,20,21). The van der Waals surface area contributed by atoms with Crippen molar-refractivity contribution >= 4 is 11.7 Å². The molecule has 0 heterocycles. The predicted molar refractivity (Wildman–Crippen MR) is 85.6 cm³/mol. The Morgan fingerprint density at radius 3 is 2.71 bits per heavy atom. The van der Waals surface area contributed by atoms with E-state index in [1.165, 1.54) is 16.7 Å².